The molecule has 0 saturated heterocycles. The highest BCUT2D eigenvalue weighted by atomic mass is 16.2. The minimum absolute atomic E-state index is 0.0228. The van der Waals surface area contributed by atoms with Crippen LogP contribution < -0.4 is 5.32 Å². The topological polar surface area (TPSA) is 65.5 Å². The first kappa shape index (κ1) is 18.4. The third-order valence-electron chi connectivity index (χ3n) is 4.39. The van der Waals surface area contributed by atoms with E-state index in [1.54, 1.807) is 17.3 Å². The minimum Gasteiger partial charge on any atom is -0.356 e. The molecule has 6 heteroatoms. The number of carbonyl (C=O) groups is 2. The smallest absolute Gasteiger partial charge is 0.226 e. The summed E-state index contributed by atoms with van der Waals surface area (Å²) in [6.07, 6.45) is 5.93. The highest BCUT2D eigenvalue weighted by Crippen LogP contribution is 2.39. The Hall–Kier alpha value is -1.95. The molecule has 1 fully saturated rings. The lowest BCUT2D eigenvalue weighted by molar-refractivity contribution is -0.133. The van der Waals surface area contributed by atoms with Crippen LogP contribution in [0.15, 0.2) is 24.5 Å². The first-order valence-electron chi connectivity index (χ1n) is 8.55. The number of rotatable bonds is 9. The summed E-state index contributed by atoms with van der Waals surface area (Å²) in [5, 5.41) is 2.94. The molecule has 1 aromatic rings. The van der Waals surface area contributed by atoms with Gasteiger partial charge >= 0.3 is 0 Å². The Morgan fingerprint density at radius 1 is 1.17 bits per heavy atom. The Morgan fingerprint density at radius 3 is 2.54 bits per heavy atom. The second kappa shape index (κ2) is 8.78. The van der Waals surface area contributed by atoms with E-state index in [0.29, 0.717) is 19.5 Å². The number of nitrogens with zero attached hydrogens (tertiary/aromatic N) is 3. The largest absolute Gasteiger partial charge is 0.356 e. The predicted octanol–water partition coefficient (Wildman–Crippen LogP) is 0.787. The van der Waals surface area contributed by atoms with Gasteiger partial charge in [-0.25, -0.2) is 0 Å². The molecule has 1 aliphatic rings. The van der Waals surface area contributed by atoms with E-state index in [9.17, 15) is 9.59 Å². The van der Waals surface area contributed by atoms with E-state index in [1.165, 1.54) is 0 Å². The zero-order valence-corrected chi connectivity index (χ0v) is 14.9. The third-order valence-corrected chi connectivity index (χ3v) is 4.39. The van der Waals surface area contributed by atoms with Crippen LogP contribution in [0.25, 0.3) is 0 Å². The zero-order chi connectivity index (χ0) is 17.5. The van der Waals surface area contributed by atoms with E-state index in [4.69, 9.17) is 0 Å². The SMILES string of the molecule is CN(C)CCCNC(=O)C1CC1C(=O)N(C)CCc1ccncc1. The fourth-order valence-corrected chi connectivity index (χ4v) is 2.74. The summed E-state index contributed by atoms with van der Waals surface area (Å²) in [7, 11) is 5.84. The molecule has 1 N–H and O–H groups in total. The standard InChI is InChI=1S/C18H28N4O2/c1-21(2)11-4-8-20-17(23)15-13-16(15)18(24)22(3)12-7-14-5-9-19-10-6-14/h5-6,9-10,15-16H,4,7-8,11-13H2,1-3H3,(H,20,23). The van der Waals surface area contributed by atoms with E-state index >= 15 is 0 Å². The molecule has 0 aliphatic heterocycles. The molecule has 0 radical (unpaired) electrons. The van der Waals surface area contributed by atoms with Gasteiger partial charge in [0.2, 0.25) is 11.8 Å². The quantitative estimate of drug-likeness (QED) is 0.679. The van der Waals surface area contributed by atoms with Gasteiger partial charge in [-0.1, -0.05) is 0 Å². The monoisotopic (exact) mass is 332 g/mol. The molecule has 0 spiro atoms. The molecule has 2 unspecified atom stereocenters. The van der Waals surface area contributed by atoms with Crippen LogP contribution in [0.4, 0.5) is 0 Å². The van der Waals surface area contributed by atoms with Crippen LogP contribution in [0.5, 0.6) is 0 Å². The fourth-order valence-electron chi connectivity index (χ4n) is 2.74. The number of amides is 2. The van der Waals surface area contributed by atoms with Crippen LogP contribution in [-0.4, -0.2) is 67.4 Å². The van der Waals surface area contributed by atoms with Crippen molar-refractivity contribution in [2.24, 2.45) is 11.8 Å². The highest BCUT2D eigenvalue weighted by molar-refractivity contribution is 5.92. The van der Waals surface area contributed by atoms with Crippen LogP contribution in [0.3, 0.4) is 0 Å². The third kappa shape index (κ3) is 5.60. The summed E-state index contributed by atoms with van der Waals surface area (Å²) in [6, 6.07) is 3.92. The second-order valence-corrected chi connectivity index (χ2v) is 6.76. The van der Waals surface area contributed by atoms with Crippen molar-refractivity contribution in [3.05, 3.63) is 30.1 Å². The van der Waals surface area contributed by atoms with Crippen molar-refractivity contribution in [3.8, 4) is 0 Å². The lowest BCUT2D eigenvalue weighted by atomic mass is 10.2. The normalized spacial score (nSPS) is 19.2. The van der Waals surface area contributed by atoms with Crippen LogP contribution in [-0.2, 0) is 16.0 Å². The van der Waals surface area contributed by atoms with Crippen LogP contribution in [0.1, 0.15) is 18.4 Å². The highest BCUT2D eigenvalue weighted by Gasteiger charge is 2.48. The van der Waals surface area contributed by atoms with E-state index in [-0.39, 0.29) is 23.7 Å². The Bertz CT molecular complexity index is 547. The number of nitrogens with one attached hydrogen (secondary N) is 1. The number of likely N-dealkylation sites (N-methyl/N-ethyl adjacent to an activating group) is 1. The molecule has 0 aromatic carbocycles. The molecule has 0 bridgehead atoms. The van der Waals surface area contributed by atoms with Gasteiger partial charge in [-0.3, -0.25) is 14.6 Å². The Kier molecular flexibility index (Phi) is 6.73. The molecule has 1 aromatic heterocycles. The molecule has 132 valence electrons. The molecular weight excluding hydrogens is 304 g/mol. The average molecular weight is 332 g/mol. The average Bonchev–Trinajstić information content (AvgIpc) is 3.37. The van der Waals surface area contributed by atoms with Gasteiger partial charge in [-0.05, 0) is 57.6 Å². The summed E-state index contributed by atoms with van der Waals surface area (Å²) < 4.78 is 0. The van der Waals surface area contributed by atoms with E-state index in [0.717, 1.165) is 24.9 Å². The molecule has 1 heterocycles. The number of aromatic nitrogens is 1. The van der Waals surface area contributed by atoms with E-state index in [2.05, 4.69) is 15.2 Å². The fraction of sp³-hybridized carbons (Fsp3) is 0.611. The van der Waals surface area contributed by atoms with Gasteiger partial charge < -0.3 is 15.1 Å². The van der Waals surface area contributed by atoms with E-state index in [1.807, 2.05) is 33.3 Å². The van der Waals surface area contributed by atoms with Gasteiger partial charge in [0.15, 0.2) is 0 Å². The van der Waals surface area contributed by atoms with Gasteiger partial charge in [0.25, 0.3) is 0 Å². The van der Waals surface area contributed by atoms with Crippen LogP contribution in [0, 0.1) is 11.8 Å². The maximum absolute atomic E-state index is 12.4. The number of carbonyl (C=O) groups excluding carboxylic acids is 2. The zero-order valence-electron chi connectivity index (χ0n) is 14.9. The molecule has 2 rings (SSSR count). The molecule has 2 atom stereocenters. The second-order valence-electron chi connectivity index (χ2n) is 6.76. The Morgan fingerprint density at radius 2 is 1.88 bits per heavy atom. The van der Waals surface area contributed by atoms with Gasteiger partial charge in [0.1, 0.15) is 0 Å². The van der Waals surface area contributed by atoms with Crippen molar-refractivity contribution in [3.63, 3.8) is 0 Å². The van der Waals surface area contributed by atoms with E-state index < -0.39 is 0 Å². The Labute approximate surface area is 144 Å². The summed E-state index contributed by atoms with van der Waals surface area (Å²) in [4.78, 5) is 32.3. The molecule has 6 nitrogen and oxygen atoms in total. The van der Waals surface area contributed by atoms with Gasteiger partial charge in [0, 0.05) is 32.5 Å². The van der Waals surface area contributed by atoms with Crippen LogP contribution >= 0.6 is 0 Å². The summed E-state index contributed by atoms with van der Waals surface area (Å²) >= 11 is 0. The van der Waals surface area contributed by atoms with Crippen molar-refractivity contribution < 1.29 is 9.59 Å². The predicted molar refractivity (Wildman–Crippen MR) is 93.4 cm³/mol. The molecule has 1 saturated carbocycles. The van der Waals surface area contributed by atoms with Gasteiger partial charge in [-0.2, -0.15) is 0 Å². The number of hydrogen-bond donors (Lipinski definition) is 1. The van der Waals surface area contributed by atoms with Crippen molar-refractivity contribution in [2.45, 2.75) is 19.3 Å². The maximum Gasteiger partial charge on any atom is 0.226 e. The summed E-state index contributed by atoms with van der Waals surface area (Å²) in [5.41, 5.74) is 1.16. The number of hydrogen-bond acceptors (Lipinski definition) is 4. The van der Waals surface area contributed by atoms with Gasteiger partial charge in [-0.15, -0.1) is 0 Å². The van der Waals surface area contributed by atoms with Crippen molar-refractivity contribution >= 4 is 11.8 Å². The first-order chi connectivity index (χ1) is 11.5. The lowest BCUT2D eigenvalue weighted by Gasteiger charge is -2.17. The Balaban J connectivity index is 1.67. The minimum atomic E-state index is -0.139. The summed E-state index contributed by atoms with van der Waals surface area (Å²) in [6.45, 7) is 2.29. The van der Waals surface area contributed by atoms with Crippen molar-refractivity contribution in [1.29, 1.82) is 0 Å². The summed E-state index contributed by atoms with van der Waals surface area (Å²) in [5.74, 6) is -0.173. The molecular formula is C18H28N4O2. The molecule has 24 heavy (non-hydrogen) atoms. The molecule has 1 aliphatic carbocycles. The van der Waals surface area contributed by atoms with Crippen molar-refractivity contribution in [1.82, 2.24) is 20.1 Å². The molecule has 2 amide bonds. The lowest BCUT2D eigenvalue weighted by Crippen LogP contribution is -2.33. The van der Waals surface area contributed by atoms with Gasteiger partial charge in [0.05, 0.1) is 11.8 Å². The first-order valence-corrected chi connectivity index (χ1v) is 8.55. The maximum atomic E-state index is 12.4. The van der Waals surface area contributed by atoms with Crippen molar-refractivity contribution in [2.75, 3.05) is 40.8 Å². The van der Waals surface area contributed by atoms with Crippen LogP contribution in [0.2, 0.25) is 0 Å². The number of pyridine rings is 1.